The number of nitriles is 1. The van der Waals surface area contributed by atoms with E-state index in [1.165, 1.54) is 13.2 Å². The van der Waals surface area contributed by atoms with Crippen LogP contribution < -0.4 is 19.5 Å². The molecular formula is C31H23BrCl2N2O4. The van der Waals surface area contributed by atoms with Crippen molar-refractivity contribution in [2.75, 3.05) is 12.4 Å². The average Bonchev–Trinajstić information content (AvgIpc) is 2.97. The zero-order valence-electron chi connectivity index (χ0n) is 21.3. The number of nitrogens with one attached hydrogen (secondary N) is 1. The molecule has 202 valence electrons. The highest BCUT2D eigenvalue weighted by molar-refractivity contribution is 9.10. The first-order valence-corrected chi connectivity index (χ1v) is 13.5. The molecule has 6 nitrogen and oxygen atoms in total. The Balaban J connectivity index is 1.38. The lowest BCUT2D eigenvalue weighted by atomic mass is 10.1. The second-order valence-corrected chi connectivity index (χ2v) is 10.2. The number of hydrogen-bond acceptors (Lipinski definition) is 5. The second kappa shape index (κ2) is 13.9. The summed E-state index contributed by atoms with van der Waals surface area (Å²) in [7, 11) is 1.51. The SMILES string of the molecule is COc1cc(/C=C(\C#N)C(=O)Nc2ccc(OCc3ccc(Br)cc3)cc2)ccc1OCc1ccc(Cl)c(Cl)c1. The van der Waals surface area contributed by atoms with Gasteiger partial charge in [0.25, 0.3) is 5.91 Å². The average molecular weight is 638 g/mol. The largest absolute Gasteiger partial charge is 0.493 e. The minimum absolute atomic E-state index is 0.0675. The van der Waals surface area contributed by atoms with Crippen molar-refractivity contribution in [2.24, 2.45) is 0 Å². The van der Waals surface area contributed by atoms with Crippen LogP contribution in [0.25, 0.3) is 6.08 Å². The van der Waals surface area contributed by atoms with Crippen LogP contribution in [-0.2, 0) is 18.0 Å². The molecule has 0 bridgehead atoms. The highest BCUT2D eigenvalue weighted by Crippen LogP contribution is 2.31. The fourth-order valence-electron chi connectivity index (χ4n) is 3.58. The molecule has 0 aliphatic carbocycles. The lowest BCUT2D eigenvalue weighted by molar-refractivity contribution is -0.112. The molecule has 4 rings (SSSR count). The number of halogens is 3. The number of methoxy groups -OCH3 is 1. The minimum atomic E-state index is -0.537. The molecule has 0 aliphatic heterocycles. The van der Waals surface area contributed by atoms with Crippen LogP contribution in [0.1, 0.15) is 16.7 Å². The van der Waals surface area contributed by atoms with Gasteiger partial charge < -0.3 is 19.5 Å². The number of amides is 1. The van der Waals surface area contributed by atoms with Crippen LogP contribution in [0.4, 0.5) is 5.69 Å². The Bertz CT molecular complexity index is 1570. The molecule has 0 atom stereocenters. The quantitative estimate of drug-likeness (QED) is 0.139. The van der Waals surface area contributed by atoms with Crippen LogP contribution in [-0.4, -0.2) is 13.0 Å². The smallest absolute Gasteiger partial charge is 0.266 e. The van der Waals surface area contributed by atoms with Gasteiger partial charge in [-0.1, -0.05) is 63.4 Å². The first-order chi connectivity index (χ1) is 19.3. The van der Waals surface area contributed by atoms with Crippen LogP contribution in [0.15, 0.2) is 95.0 Å². The lowest BCUT2D eigenvalue weighted by Crippen LogP contribution is -2.13. The maximum absolute atomic E-state index is 12.8. The van der Waals surface area contributed by atoms with Crippen LogP contribution in [0.3, 0.4) is 0 Å². The molecule has 0 aromatic heterocycles. The van der Waals surface area contributed by atoms with Crippen molar-refractivity contribution in [3.05, 3.63) is 122 Å². The molecule has 0 heterocycles. The van der Waals surface area contributed by atoms with Gasteiger partial charge in [0.05, 0.1) is 17.2 Å². The summed E-state index contributed by atoms with van der Waals surface area (Å²) in [5.41, 5.74) is 2.94. The molecule has 0 fully saturated rings. The van der Waals surface area contributed by atoms with E-state index >= 15 is 0 Å². The second-order valence-electron chi connectivity index (χ2n) is 8.51. The van der Waals surface area contributed by atoms with Crippen molar-refractivity contribution in [1.82, 2.24) is 0 Å². The van der Waals surface area contributed by atoms with Crippen LogP contribution >= 0.6 is 39.1 Å². The van der Waals surface area contributed by atoms with Gasteiger partial charge in [-0.15, -0.1) is 0 Å². The molecule has 0 unspecified atom stereocenters. The van der Waals surface area contributed by atoms with Gasteiger partial charge in [0.2, 0.25) is 0 Å². The molecule has 0 saturated carbocycles. The number of benzene rings is 4. The first-order valence-electron chi connectivity index (χ1n) is 12.0. The number of carbonyl (C=O) groups excluding carboxylic acids is 1. The predicted octanol–water partition coefficient (Wildman–Crippen LogP) is 8.47. The predicted molar refractivity (Wildman–Crippen MR) is 161 cm³/mol. The zero-order valence-corrected chi connectivity index (χ0v) is 24.4. The van der Waals surface area contributed by atoms with E-state index in [-0.39, 0.29) is 12.2 Å². The van der Waals surface area contributed by atoms with Crippen molar-refractivity contribution in [1.29, 1.82) is 5.26 Å². The van der Waals surface area contributed by atoms with Crippen molar-refractivity contribution in [3.8, 4) is 23.3 Å². The number of anilines is 1. The monoisotopic (exact) mass is 636 g/mol. The minimum Gasteiger partial charge on any atom is -0.493 e. The summed E-state index contributed by atoms with van der Waals surface area (Å²) in [6.45, 7) is 0.672. The molecule has 1 N–H and O–H groups in total. The Hall–Kier alpha value is -3.96. The third kappa shape index (κ3) is 8.03. The molecule has 4 aromatic carbocycles. The number of ether oxygens (including phenoxy) is 3. The first kappa shape index (κ1) is 29.0. The van der Waals surface area contributed by atoms with Crippen LogP contribution in [0, 0.1) is 11.3 Å². The summed E-state index contributed by atoms with van der Waals surface area (Å²) < 4.78 is 18.1. The fraction of sp³-hybridized carbons (Fsp3) is 0.0968. The Kier molecular flexibility index (Phi) is 10.1. The van der Waals surface area contributed by atoms with Gasteiger partial charge in [0.15, 0.2) is 11.5 Å². The molecule has 40 heavy (non-hydrogen) atoms. The lowest BCUT2D eigenvalue weighted by Gasteiger charge is -2.12. The number of nitrogens with zero attached hydrogens (tertiary/aromatic N) is 1. The van der Waals surface area contributed by atoms with Gasteiger partial charge in [0, 0.05) is 10.2 Å². The van der Waals surface area contributed by atoms with E-state index < -0.39 is 5.91 Å². The van der Waals surface area contributed by atoms with E-state index in [1.807, 2.05) is 36.4 Å². The Labute approximate surface area is 250 Å². The summed E-state index contributed by atoms with van der Waals surface area (Å²) in [6, 6.07) is 27.1. The van der Waals surface area contributed by atoms with Gasteiger partial charge in [-0.05, 0) is 83.4 Å². The Morgan fingerprint density at radius 1 is 0.875 bits per heavy atom. The standard InChI is InChI=1S/C31H23BrCl2N2O4/c1-38-30-16-21(5-13-29(30)40-19-22-4-12-27(33)28(34)15-22)14-23(17-35)31(37)36-25-8-10-26(11-9-25)39-18-20-2-6-24(32)7-3-20/h2-16H,18-19H2,1H3,(H,36,37)/b23-14+. The third-order valence-electron chi connectivity index (χ3n) is 5.67. The van der Waals surface area contributed by atoms with E-state index in [2.05, 4.69) is 21.2 Å². The summed E-state index contributed by atoms with van der Waals surface area (Å²) >= 11 is 15.5. The summed E-state index contributed by atoms with van der Waals surface area (Å²) in [5.74, 6) is 1.07. The molecule has 4 aromatic rings. The maximum atomic E-state index is 12.8. The van der Waals surface area contributed by atoms with Crippen molar-refractivity contribution >= 4 is 56.8 Å². The van der Waals surface area contributed by atoms with Gasteiger partial charge in [-0.3, -0.25) is 4.79 Å². The Morgan fingerprint density at radius 3 is 2.25 bits per heavy atom. The van der Waals surface area contributed by atoms with Gasteiger partial charge in [0.1, 0.15) is 30.6 Å². The Morgan fingerprint density at radius 2 is 1.57 bits per heavy atom. The topological polar surface area (TPSA) is 80.6 Å². The van der Waals surface area contributed by atoms with Crippen LogP contribution in [0.2, 0.25) is 10.0 Å². The zero-order chi connectivity index (χ0) is 28.5. The number of carbonyl (C=O) groups is 1. The molecule has 9 heteroatoms. The summed E-state index contributed by atoms with van der Waals surface area (Å²) in [5, 5.41) is 13.3. The van der Waals surface area contributed by atoms with Gasteiger partial charge >= 0.3 is 0 Å². The summed E-state index contributed by atoms with van der Waals surface area (Å²) in [4.78, 5) is 12.8. The highest BCUT2D eigenvalue weighted by Gasteiger charge is 2.12. The maximum Gasteiger partial charge on any atom is 0.266 e. The van der Waals surface area contributed by atoms with E-state index in [0.29, 0.717) is 45.2 Å². The molecular weight excluding hydrogens is 615 g/mol. The molecule has 0 radical (unpaired) electrons. The molecule has 0 spiro atoms. The van der Waals surface area contributed by atoms with Crippen LogP contribution in [0.5, 0.6) is 17.2 Å². The fourth-order valence-corrected chi connectivity index (χ4v) is 4.16. The van der Waals surface area contributed by atoms with Gasteiger partial charge in [-0.2, -0.15) is 5.26 Å². The molecule has 0 aliphatic rings. The van der Waals surface area contributed by atoms with Crippen molar-refractivity contribution in [2.45, 2.75) is 13.2 Å². The highest BCUT2D eigenvalue weighted by atomic mass is 79.9. The third-order valence-corrected chi connectivity index (χ3v) is 6.94. The van der Waals surface area contributed by atoms with E-state index in [4.69, 9.17) is 37.4 Å². The van der Waals surface area contributed by atoms with E-state index in [1.54, 1.807) is 54.6 Å². The number of rotatable bonds is 10. The van der Waals surface area contributed by atoms with Crippen molar-refractivity contribution in [3.63, 3.8) is 0 Å². The number of hydrogen-bond donors (Lipinski definition) is 1. The molecule has 1 amide bonds. The van der Waals surface area contributed by atoms with E-state index in [0.717, 1.165) is 15.6 Å². The van der Waals surface area contributed by atoms with Gasteiger partial charge in [-0.25, -0.2) is 0 Å². The normalized spacial score (nSPS) is 10.9. The molecule has 0 saturated heterocycles. The summed E-state index contributed by atoms with van der Waals surface area (Å²) in [6.07, 6.45) is 1.48. The van der Waals surface area contributed by atoms with E-state index in [9.17, 15) is 10.1 Å². The van der Waals surface area contributed by atoms with Crippen molar-refractivity contribution < 1.29 is 19.0 Å².